The number of nitrogens with zero attached hydrogens (tertiary/aromatic N) is 1. The van der Waals surface area contributed by atoms with Gasteiger partial charge in [-0.05, 0) is 18.8 Å². The van der Waals surface area contributed by atoms with Gasteiger partial charge < -0.3 is 10.6 Å². The molecular weight excluding hydrogens is 220 g/mol. The van der Waals surface area contributed by atoms with Gasteiger partial charge in [0.2, 0.25) is 5.91 Å². The Morgan fingerprint density at radius 3 is 2.38 bits per heavy atom. The van der Waals surface area contributed by atoms with Crippen molar-refractivity contribution in [1.82, 2.24) is 4.90 Å². The largest absolute Gasteiger partial charge is 0.393 e. The van der Waals surface area contributed by atoms with E-state index in [1.165, 1.54) is 0 Å². The number of carbonyl (C=O) groups is 1. The molecular formula is C12H24N2OS. The maximum atomic E-state index is 11.8. The number of nitrogens with two attached hydrogens (primary N) is 1. The van der Waals surface area contributed by atoms with Crippen molar-refractivity contribution in [3.05, 3.63) is 0 Å². The van der Waals surface area contributed by atoms with Crippen LogP contribution in [0.1, 0.15) is 46.5 Å². The molecule has 0 atom stereocenters. The van der Waals surface area contributed by atoms with Gasteiger partial charge in [0, 0.05) is 25.9 Å². The average molecular weight is 244 g/mol. The molecule has 3 nitrogen and oxygen atoms in total. The van der Waals surface area contributed by atoms with Crippen LogP contribution in [0.25, 0.3) is 0 Å². The summed E-state index contributed by atoms with van der Waals surface area (Å²) < 4.78 is 0. The maximum Gasteiger partial charge on any atom is 0.222 e. The lowest BCUT2D eigenvalue weighted by Gasteiger charge is -2.23. The van der Waals surface area contributed by atoms with Crippen LogP contribution < -0.4 is 5.73 Å². The molecule has 0 aromatic rings. The molecule has 2 N–H and O–H groups in total. The van der Waals surface area contributed by atoms with E-state index in [0.29, 0.717) is 30.3 Å². The topological polar surface area (TPSA) is 46.3 Å². The standard InChI is InChI=1S/C12H24N2OS/c1-4-5-12(15)14(8-6-10(2)3)9-7-11(13)16/h10H,4-9H2,1-3H3,(H2,13,16). The van der Waals surface area contributed by atoms with Crippen molar-refractivity contribution in [1.29, 1.82) is 0 Å². The molecule has 4 heteroatoms. The van der Waals surface area contributed by atoms with Gasteiger partial charge in [0.25, 0.3) is 0 Å². The van der Waals surface area contributed by atoms with Crippen molar-refractivity contribution in [2.45, 2.75) is 46.5 Å². The van der Waals surface area contributed by atoms with Gasteiger partial charge in [0.05, 0.1) is 4.99 Å². The molecule has 0 saturated heterocycles. The van der Waals surface area contributed by atoms with E-state index in [1.54, 1.807) is 0 Å². The highest BCUT2D eigenvalue weighted by Gasteiger charge is 2.12. The first kappa shape index (κ1) is 15.4. The molecule has 0 fully saturated rings. The summed E-state index contributed by atoms with van der Waals surface area (Å²) in [6.45, 7) is 7.83. The molecule has 16 heavy (non-hydrogen) atoms. The molecule has 0 spiro atoms. The van der Waals surface area contributed by atoms with Crippen molar-refractivity contribution in [2.75, 3.05) is 13.1 Å². The Morgan fingerprint density at radius 2 is 1.94 bits per heavy atom. The van der Waals surface area contributed by atoms with Gasteiger partial charge in [-0.3, -0.25) is 4.79 Å². The van der Waals surface area contributed by atoms with Gasteiger partial charge in [-0.1, -0.05) is 33.0 Å². The van der Waals surface area contributed by atoms with E-state index in [0.717, 1.165) is 19.4 Å². The molecule has 0 aliphatic heterocycles. The number of hydrogen-bond donors (Lipinski definition) is 1. The van der Waals surface area contributed by atoms with Crippen molar-refractivity contribution < 1.29 is 4.79 Å². The van der Waals surface area contributed by atoms with Crippen LogP contribution in [0.3, 0.4) is 0 Å². The Kier molecular flexibility index (Phi) is 8.16. The summed E-state index contributed by atoms with van der Waals surface area (Å²) in [7, 11) is 0. The Hall–Kier alpha value is -0.640. The molecule has 0 aliphatic rings. The van der Waals surface area contributed by atoms with Crippen LogP contribution in [0.2, 0.25) is 0 Å². The zero-order valence-corrected chi connectivity index (χ0v) is 11.5. The van der Waals surface area contributed by atoms with Gasteiger partial charge in [0.1, 0.15) is 0 Å². The lowest BCUT2D eigenvalue weighted by Crippen LogP contribution is -2.34. The SMILES string of the molecule is CCCC(=O)N(CCC(N)=S)CCC(C)C. The number of carbonyl (C=O) groups excluding carboxylic acids is 1. The van der Waals surface area contributed by atoms with Crippen LogP contribution in [0, 0.1) is 5.92 Å². The summed E-state index contributed by atoms with van der Waals surface area (Å²) >= 11 is 4.84. The molecule has 0 saturated carbocycles. The van der Waals surface area contributed by atoms with Crippen molar-refractivity contribution in [2.24, 2.45) is 11.7 Å². The third kappa shape index (κ3) is 7.63. The number of hydrogen-bond acceptors (Lipinski definition) is 2. The van der Waals surface area contributed by atoms with Crippen LogP contribution in [-0.2, 0) is 4.79 Å². The van der Waals surface area contributed by atoms with Gasteiger partial charge >= 0.3 is 0 Å². The summed E-state index contributed by atoms with van der Waals surface area (Å²) in [5, 5.41) is 0. The highest BCUT2D eigenvalue weighted by molar-refractivity contribution is 7.80. The first-order valence-corrected chi connectivity index (χ1v) is 6.44. The second kappa shape index (κ2) is 8.50. The summed E-state index contributed by atoms with van der Waals surface area (Å²) in [5.41, 5.74) is 5.46. The summed E-state index contributed by atoms with van der Waals surface area (Å²) in [5.74, 6) is 0.834. The van der Waals surface area contributed by atoms with Crippen LogP contribution in [0.5, 0.6) is 0 Å². The normalized spacial score (nSPS) is 10.5. The summed E-state index contributed by atoms with van der Waals surface area (Å²) in [4.78, 5) is 14.2. The highest BCUT2D eigenvalue weighted by Crippen LogP contribution is 2.06. The first-order chi connectivity index (χ1) is 7.47. The smallest absolute Gasteiger partial charge is 0.222 e. The van der Waals surface area contributed by atoms with Gasteiger partial charge in [-0.2, -0.15) is 0 Å². The molecule has 0 heterocycles. The van der Waals surface area contributed by atoms with Crippen LogP contribution in [0.15, 0.2) is 0 Å². The first-order valence-electron chi connectivity index (χ1n) is 6.03. The monoisotopic (exact) mass is 244 g/mol. The summed E-state index contributed by atoms with van der Waals surface area (Å²) in [6.07, 6.45) is 3.18. The van der Waals surface area contributed by atoms with E-state index >= 15 is 0 Å². The lowest BCUT2D eigenvalue weighted by molar-refractivity contribution is -0.131. The number of rotatable bonds is 8. The zero-order chi connectivity index (χ0) is 12.6. The van der Waals surface area contributed by atoms with Crippen LogP contribution in [-0.4, -0.2) is 28.9 Å². The minimum absolute atomic E-state index is 0.222. The van der Waals surface area contributed by atoms with Gasteiger partial charge in [-0.15, -0.1) is 0 Å². The Morgan fingerprint density at radius 1 is 1.31 bits per heavy atom. The van der Waals surface area contributed by atoms with Crippen LogP contribution >= 0.6 is 12.2 Å². The molecule has 0 aromatic carbocycles. The zero-order valence-electron chi connectivity index (χ0n) is 10.7. The summed E-state index contributed by atoms with van der Waals surface area (Å²) in [6, 6.07) is 0. The highest BCUT2D eigenvalue weighted by atomic mass is 32.1. The fourth-order valence-corrected chi connectivity index (χ4v) is 1.48. The Labute approximate surface area is 104 Å². The molecule has 0 radical (unpaired) electrons. The van der Waals surface area contributed by atoms with Crippen LogP contribution in [0.4, 0.5) is 0 Å². The Bertz CT molecular complexity index is 229. The number of amides is 1. The van der Waals surface area contributed by atoms with E-state index in [4.69, 9.17) is 18.0 Å². The molecule has 94 valence electrons. The molecule has 0 unspecified atom stereocenters. The fourth-order valence-electron chi connectivity index (χ4n) is 1.39. The minimum atomic E-state index is 0.222. The van der Waals surface area contributed by atoms with Crippen molar-refractivity contribution in [3.63, 3.8) is 0 Å². The fraction of sp³-hybridized carbons (Fsp3) is 0.833. The van der Waals surface area contributed by atoms with Gasteiger partial charge in [0.15, 0.2) is 0 Å². The molecule has 0 aliphatic carbocycles. The van der Waals surface area contributed by atoms with Gasteiger partial charge in [-0.25, -0.2) is 0 Å². The molecule has 1 amide bonds. The van der Waals surface area contributed by atoms with Crippen molar-refractivity contribution >= 4 is 23.1 Å². The quantitative estimate of drug-likeness (QED) is 0.667. The van der Waals surface area contributed by atoms with E-state index in [1.807, 2.05) is 11.8 Å². The van der Waals surface area contributed by atoms with E-state index in [9.17, 15) is 4.79 Å². The number of thiocarbonyl (C=S) groups is 1. The van der Waals surface area contributed by atoms with Crippen molar-refractivity contribution in [3.8, 4) is 0 Å². The predicted molar refractivity (Wildman–Crippen MR) is 72.3 cm³/mol. The Balaban J connectivity index is 4.14. The second-order valence-corrected chi connectivity index (χ2v) is 5.05. The molecule has 0 rings (SSSR count). The molecule has 0 aromatic heterocycles. The minimum Gasteiger partial charge on any atom is -0.393 e. The third-order valence-electron chi connectivity index (χ3n) is 2.42. The lowest BCUT2D eigenvalue weighted by atomic mass is 10.1. The second-order valence-electron chi connectivity index (χ2n) is 4.53. The molecule has 0 bridgehead atoms. The average Bonchev–Trinajstić information content (AvgIpc) is 2.17. The maximum absolute atomic E-state index is 11.8. The third-order valence-corrected chi connectivity index (χ3v) is 2.63. The van der Waals surface area contributed by atoms with E-state index < -0.39 is 0 Å². The van der Waals surface area contributed by atoms with E-state index in [-0.39, 0.29) is 5.91 Å². The van der Waals surface area contributed by atoms with E-state index in [2.05, 4.69) is 13.8 Å². The predicted octanol–water partition coefficient (Wildman–Crippen LogP) is 2.34.